The molecule has 5 nitrogen and oxygen atoms in total. The average Bonchev–Trinajstić information content (AvgIpc) is 3.28. The lowest BCUT2D eigenvalue weighted by molar-refractivity contribution is -0.117. The molecule has 0 saturated carbocycles. The lowest BCUT2D eigenvalue weighted by Gasteiger charge is -2.27. The number of aryl methyl sites for hydroxylation is 3. The number of aromatic nitrogens is 1. The van der Waals surface area contributed by atoms with E-state index in [1.165, 1.54) is 11.1 Å². The Morgan fingerprint density at radius 2 is 1.93 bits per heavy atom. The standard InChI is InChI=1S/C25H27N3O2/c1-16-12-13-21-19(15-16)23(28-14-6-11-22(28)29)24(27(21)2)25(30)26-20-10-5-8-17-7-3-4-9-18(17)20/h3-4,7,9,12-13,15,20H,5-6,8,10-11,14H2,1-2H3,(H,26,30). The zero-order chi connectivity index (χ0) is 20.8. The second-order valence-corrected chi connectivity index (χ2v) is 8.54. The number of hydrogen-bond acceptors (Lipinski definition) is 2. The summed E-state index contributed by atoms with van der Waals surface area (Å²) in [6, 6.07) is 14.6. The Morgan fingerprint density at radius 3 is 2.73 bits per heavy atom. The van der Waals surface area contributed by atoms with Gasteiger partial charge in [-0.15, -0.1) is 0 Å². The van der Waals surface area contributed by atoms with Gasteiger partial charge in [0.05, 0.1) is 17.2 Å². The van der Waals surface area contributed by atoms with E-state index in [0.29, 0.717) is 18.7 Å². The predicted molar refractivity (Wildman–Crippen MR) is 119 cm³/mol. The molecule has 3 aromatic rings. The minimum Gasteiger partial charge on any atom is -0.344 e. The van der Waals surface area contributed by atoms with Crippen LogP contribution in [0.4, 0.5) is 5.69 Å². The highest BCUT2D eigenvalue weighted by atomic mass is 16.2. The summed E-state index contributed by atoms with van der Waals surface area (Å²) in [4.78, 5) is 28.0. The number of rotatable bonds is 3. The highest BCUT2D eigenvalue weighted by molar-refractivity contribution is 6.14. The number of amides is 2. The van der Waals surface area contributed by atoms with Crippen LogP contribution in [-0.2, 0) is 18.3 Å². The number of nitrogens with one attached hydrogen (secondary N) is 1. The number of hydrogen-bond donors (Lipinski definition) is 1. The average molecular weight is 402 g/mol. The fourth-order valence-electron chi connectivity index (χ4n) is 5.09. The maximum absolute atomic E-state index is 13.6. The molecule has 1 aromatic heterocycles. The van der Waals surface area contributed by atoms with Gasteiger partial charge in [-0.3, -0.25) is 9.59 Å². The summed E-state index contributed by atoms with van der Waals surface area (Å²) in [5.41, 5.74) is 5.97. The lowest BCUT2D eigenvalue weighted by Crippen LogP contribution is -2.34. The van der Waals surface area contributed by atoms with Crippen molar-refractivity contribution in [1.82, 2.24) is 9.88 Å². The first-order valence-corrected chi connectivity index (χ1v) is 10.8. The molecule has 5 rings (SSSR count). The molecule has 1 atom stereocenters. The zero-order valence-electron chi connectivity index (χ0n) is 17.6. The summed E-state index contributed by atoms with van der Waals surface area (Å²) in [5.74, 6) is -0.0103. The molecule has 2 aromatic carbocycles. The molecule has 1 unspecified atom stereocenters. The molecule has 30 heavy (non-hydrogen) atoms. The first kappa shape index (κ1) is 18.9. The predicted octanol–water partition coefficient (Wildman–Crippen LogP) is 4.42. The van der Waals surface area contributed by atoms with Crippen molar-refractivity contribution in [1.29, 1.82) is 0 Å². The molecule has 1 aliphatic heterocycles. The van der Waals surface area contributed by atoms with Crippen molar-refractivity contribution in [2.45, 2.75) is 45.1 Å². The van der Waals surface area contributed by atoms with Gasteiger partial charge in [-0.05, 0) is 55.9 Å². The van der Waals surface area contributed by atoms with E-state index >= 15 is 0 Å². The summed E-state index contributed by atoms with van der Waals surface area (Å²) in [7, 11) is 1.92. The van der Waals surface area contributed by atoms with E-state index in [-0.39, 0.29) is 17.9 Å². The number of nitrogens with zero attached hydrogens (tertiary/aromatic N) is 2. The largest absolute Gasteiger partial charge is 0.344 e. The molecule has 0 spiro atoms. The van der Waals surface area contributed by atoms with Crippen LogP contribution in [0.1, 0.15) is 58.9 Å². The fourth-order valence-corrected chi connectivity index (χ4v) is 5.09. The summed E-state index contributed by atoms with van der Waals surface area (Å²) in [5, 5.41) is 4.26. The van der Waals surface area contributed by atoms with Crippen molar-refractivity contribution in [2.75, 3.05) is 11.4 Å². The topological polar surface area (TPSA) is 54.3 Å². The zero-order valence-corrected chi connectivity index (χ0v) is 17.6. The molecule has 1 saturated heterocycles. The molecule has 0 radical (unpaired) electrons. The first-order valence-electron chi connectivity index (χ1n) is 10.8. The third-order valence-electron chi connectivity index (χ3n) is 6.56. The van der Waals surface area contributed by atoms with Crippen LogP contribution in [0, 0.1) is 6.92 Å². The van der Waals surface area contributed by atoms with Crippen molar-refractivity contribution in [3.63, 3.8) is 0 Å². The van der Waals surface area contributed by atoms with Gasteiger partial charge in [-0.25, -0.2) is 0 Å². The van der Waals surface area contributed by atoms with Gasteiger partial charge in [0.25, 0.3) is 5.91 Å². The van der Waals surface area contributed by atoms with Gasteiger partial charge in [-0.2, -0.15) is 0 Å². The van der Waals surface area contributed by atoms with Crippen molar-refractivity contribution in [3.8, 4) is 0 Å². The molecular weight excluding hydrogens is 374 g/mol. The monoisotopic (exact) mass is 401 g/mol. The van der Waals surface area contributed by atoms with Crippen molar-refractivity contribution < 1.29 is 9.59 Å². The summed E-state index contributed by atoms with van der Waals surface area (Å²) < 4.78 is 1.94. The Kier molecular flexibility index (Phi) is 4.61. The first-order chi connectivity index (χ1) is 14.5. The van der Waals surface area contributed by atoms with E-state index < -0.39 is 0 Å². The van der Waals surface area contributed by atoms with Crippen molar-refractivity contribution in [2.24, 2.45) is 7.05 Å². The molecule has 1 N–H and O–H groups in total. The van der Waals surface area contributed by atoms with E-state index in [9.17, 15) is 9.59 Å². The number of anilines is 1. The van der Waals surface area contributed by atoms with Gasteiger partial charge >= 0.3 is 0 Å². The number of fused-ring (bicyclic) bond motifs is 2. The van der Waals surface area contributed by atoms with Crippen LogP contribution in [-0.4, -0.2) is 22.9 Å². The lowest BCUT2D eigenvalue weighted by atomic mass is 9.87. The summed E-state index contributed by atoms with van der Waals surface area (Å²) in [6.07, 6.45) is 4.43. The van der Waals surface area contributed by atoms with Crippen LogP contribution in [0.25, 0.3) is 10.9 Å². The normalized spacial score (nSPS) is 18.7. The number of carbonyl (C=O) groups is 2. The van der Waals surface area contributed by atoms with E-state index in [4.69, 9.17) is 0 Å². The van der Waals surface area contributed by atoms with E-state index in [1.54, 1.807) is 0 Å². The van der Waals surface area contributed by atoms with Crippen LogP contribution in [0.5, 0.6) is 0 Å². The molecule has 5 heteroatoms. The van der Waals surface area contributed by atoms with Gasteiger partial charge in [0.1, 0.15) is 5.69 Å². The Balaban J connectivity index is 1.59. The van der Waals surface area contributed by atoms with Crippen LogP contribution in [0.15, 0.2) is 42.5 Å². The van der Waals surface area contributed by atoms with E-state index in [1.807, 2.05) is 35.6 Å². The second-order valence-electron chi connectivity index (χ2n) is 8.54. The summed E-state index contributed by atoms with van der Waals surface area (Å²) >= 11 is 0. The molecule has 2 heterocycles. The molecular formula is C25H27N3O2. The minimum atomic E-state index is -0.109. The van der Waals surface area contributed by atoms with Gasteiger partial charge in [0, 0.05) is 25.4 Å². The summed E-state index contributed by atoms with van der Waals surface area (Å²) in [6.45, 7) is 2.71. The molecule has 2 aliphatic rings. The Hall–Kier alpha value is -3.08. The van der Waals surface area contributed by atoms with Crippen molar-refractivity contribution in [3.05, 3.63) is 64.8 Å². The van der Waals surface area contributed by atoms with Crippen LogP contribution >= 0.6 is 0 Å². The third kappa shape index (κ3) is 3.00. The van der Waals surface area contributed by atoms with Crippen LogP contribution < -0.4 is 10.2 Å². The van der Waals surface area contributed by atoms with E-state index in [2.05, 4.69) is 35.6 Å². The minimum absolute atomic E-state index is 0.00401. The highest BCUT2D eigenvalue weighted by Gasteiger charge is 2.32. The molecule has 0 bridgehead atoms. The molecule has 1 aliphatic carbocycles. The highest BCUT2D eigenvalue weighted by Crippen LogP contribution is 2.37. The van der Waals surface area contributed by atoms with Gasteiger partial charge < -0.3 is 14.8 Å². The molecule has 1 fully saturated rings. The maximum Gasteiger partial charge on any atom is 0.270 e. The second kappa shape index (κ2) is 7.31. The quantitative estimate of drug-likeness (QED) is 0.706. The molecule has 154 valence electrons. The van der Waals surface area contributed by atoms with Gasteiger partial charge in [-0.1, -0.05) is 35.9 Å². The van der Waals surface area contributed by atoms with Gasteiger partial charge in [0.15, 0.2) is 0 Å². The SMILES string of the molecule is Cc1ccc2c(c1)c(N1CCCC1=O)c(C(=O)NC1CCCc3ccccc31)n2C. The third-order valence-corrected chi connectivity index (χ3v) is 6.56. The fraction of sp³-hybridized carbons (Fsp3) is 0.360. The number of benzene rings is 2. The Bertz CT molecular complexity index is 1160. The maximum atomic E-state index is 13.6. The Morgan fingerprint density at radius 1 is 1.10 bits per heavy atom. The van der Waals surface area contributed by atoms with E-state index in [0.717, 1.165) is 47.8 Å². The van der Waals surface area contributed by atoms with Crippen molar-refractivity contribution >= 4 is 28.4 Å². The molecule has 2 amide bonds. The smallest absolute Gasteiger partial charge is 0.270 e. The van der Waals surface area contributed by atoms with Gasteiger partial charge in [0.2, 0.25) is 5.91 Å². The van der Waals surface area contributed by atoms with Crippen LogP contribution in [0.2, 0.25) is 0 Å². The Labute approximate surface area is 176 Å². The number of carbonyl (C=O) groups excluding carboxylic acids is 2. The van der Waals surface area contributed by atoms with Crippen LogP contribution in [0.3, 0.4) is 0 Å².